The van der Waals surface area contributed by atoms with Gasteiger partial charge < -0.3 is 10.1 Å². The third kappa shape index (κ3) is 5.85. The van der Waals surface area contributed by atoms with Crippen molar-refractivity contribution in [2.45, 2.75) is 57.9 Å². The van der Waals surface area contributed by atoms with Crippen molar-refractivity contribution >= 4 is 11.6 Å². The molecule has 1 aliphatic rings. The van der Waals surface area contributed by atoms with Crippen LogP contribution in [0, 0.1) is 0 Å². The maximum Gasteiger partial charge on any atom is 0.416 e. The van der Waals surface area contributed by atoms with Gasteiger partial charge in [-0.05, 0) is 31.0 Å². The molecule has 1 fully saturated rings. The summed E-state index contributed by atoms with van der Waals surface area (Å²) in [6.45, 7) is 6.34. The minimum absolute atomic E-state index is 0.0317. The first-order chi connectivity index (χ1) is 15.4. The Balaban J connectivity index is 2.10. The van der Waals surface area contributed by atoms with Crippen LogP contribution in [-0.4, -0.2) is 41.2 Å². The van der Waals surface area contributed by atoms with Gasteiger partial charge in [0.2, 0.25) is 0 Å². The molecule has 182 valence electrons. The topological polar surface area (TPSA) is 60.5 Å². The quantitative estimate of drug-likeness (QED) is 0.635. The zero-order valence-corrected chi connectivity index (χ0v) is 19.3. The Labute approximate surface area is 190 Å². The van der Waals surface area contributed by atoms with Gasteiger partial charge in [0.15, 0.2) is 5.49 Å². The normalized spacial score (nSPS) is 17.6. The maximum atomic E-state index is 13.3. The summed E-state index contributed by atoms with van der Waals surface area (Å²) in [7, 11) is 1.86. The van der Waals surface area contributed by atoms with E-state index in [0.717, 1.165) is 36.7 Å². The van der Waals surface area contributed by atoms with Crippen LogP contribution in [0.25, 0.3) is 0 Å². The number of nitrogens with zero attached hydrogens (tertiary/aromatic N) is 3. The Morgan fingerprint density at radius 3 is 2.55 bits per heavy atom. The van der Waals surface area contributed by atoms with Crippen molar-refractivity contribution in [3.8, 4) is 0 Å². The smallest absolute Gasteiger partial charge is 0.382 e. The molecule has 1 aromatic carbocycles. The van der Waals surface area contributed by atoms with E-state index in [1.165, 1.54) is 0 Å². The van der Waals surface area contributed by atoms with E-state index in [4.69, 9.17) is 4.74 Å². The van der Waals surface area contributed by atoms with Gasteiger partial charge in [-0.25, -0.2) is 4.39 Å². The lowest BCUT2D eigenvalue weighted by Gasteiger charge is -2.21. The molecule has 1 atom stereocenters. The van der Waals surface area contributed by atoms with Gasteiger partial charge in [0.25, 0.3) is 5.91 Å². The molecule has 33 heavy (non-hydrogen) atoms. The molecule has 3 rings (SSSR count). The highest BCUT2D eigenvalue weighted by Crippen LogP contribution is 2.32. The number of amides is 1. The lowest BCUT2D eigenvalue weighted by Crippen LogP contribution is -2.30. The molecule has 1 amide bonds. The van der Waals surface area contributed by atoms with Gasteiger partial charge >= 0.3 is 6.18 Å². The first-order valence-electron chi connectivity index (χ1n) is 10.9. The number of anilines is 1. The number of hydrogen-bond acceptors (Lipinski definition) is 3. The second-order valence-electron chi connectivity index (χ2n) is 9.17. The number of alkyl halides is 4. The monoisotopic (exact) mass is 470 g/mol. The van der Waals surface area contributed by atoms with Crippen LogP contribution < -0.4 is 10.8 Å². The highest BCUT2D eigenvalue weighted by atomic mass is 19.4. The van der Waals surface area contributed by atoms with Gasteiger partial charge in [-0.15, -0.1) is 0 Å². The molecule has 0 saturated carbocycles. The summed E-state index contributed by atoms with van der Waals surface area (Å²) in [4.78, 5) is 17.3. The molecular weight excluding hydrogens is 440 g/mol. The molecule has 0 aliphatic carbocycles. The maximum absolute atomic E-state index is 13.3. The van der Waals surface area contributed by atoms with Crippen LogP contribution in [0.5, 0.6) is 0 Å². The van der Waals surface area contributed by atoms with Gasteiger partial charge in [-0.1, -0.05) is 20.8 Å². The third-order valence-electron chi connectivity index (χ3n) is 5.61. The number of hydrogen-bond donors (Lipinski definition) is 1. The van der Waals surface area contributed by atoms with Crippen LogP contribution in [0.3, 0.4) is 0 Å². The zero-order valence-electron chi connectivity index (χ0n) is 19.3. The number of halogens is 4. The van der Waals surface area contributed by atoms with Gasteiger partial charge in [-0.3, -0.25) is 14.2 Å². The highest BCUT2D eigenvalue weighted by molar-refractivity contribution is 6.00. The van der Waals surface area contributed by atoms with Crippen molar-refractivity contribution in [3.05, 3.63) is 46.6 Å². The van der Waals surface area contributed by atoms with Crippen LogP contribution in [0.2, 0.25) is 0 Å². The average molecular weight is 471 g/mol. The minimum atomic E-state index is -4.63. The van der Waals surface area contributed by atoms with Crippen LogP contribution in [-0.2, 0) is 29.9 Å². The van der Waals surface area contributed by atoms with E-state index < -0.39 is 24.3 Å². The Morgan fingerprint density at radius 1 is 1.24 bits per heavy atom. The number of carbonyl (C=O) groups excluding carboxylic acids is 1. The molecule has 1 saturated heterocycles. The van der Waals surface area contributed by atoms with Gasteiger partial charge in [0.1, 0.15) is 6.67 Å². The fraction of sp³-hybridized carbons (Fsp3) is 0.565. The van der Waals surface area contributed by atoms with E-state index in [0.29, 0.717) is 18.6 Å². The van der Waals surface area contributed by atoms with E-state index in [2.05, 4.69) is 10.3 Å². The summed E-state index contributed by atoms with van der Waals surface area (Å²) in [6, 6.07) is 4.52. The van der Waals surface area contributed by atoms with E-state index >= 15 is 0 Å². The number of rotatable bonds is 6. The predicted octanol–water partition coefficient (Wildman–Crippen LogP) is 4.44. The van der Waals surface area contributed by atoms with Crippen molar-refractivity contribution in [2.75, 3.05) is 25.1 Å². The molecule has 6 nitrogen and oxygen atoms in total. The SMILES string of the molecule is Cn1c(C(C)(C)C)c/c(=N\C(=O)c2cc(C(F)(F)F)ccc2NCCF)n1C[C@H]1CCCO1. The minimum Gasteiger partial charge on any atom is -0.382 e. The molecule has 10 heteroatoms. The Morgan fingerprint density at radius 2 is 1.97 bits per heavy atom. The van der Waals surface area contributed by atoms with Gasteiger partial charge in [0.05, 0.1) is 23.8 Å². The van der Waals surface area contributed by atoms with Crippen molar-refractivity contribution in [2.24, 2.45) is 12.0 Å². The molecule has 2 aromatic rings. The molecule has 2 heterocycles. The van der Waals surface area contributed by atoms with E-state index in [1.54, 1.807) is 6.07 Å². The van der Waals surface area contributed by atoms with Crippen molar-refractivity contribution in [1.82, 2.24) is 9.36 Å². The van der Waals surface area contributed by atoms with Gasteiger partial charge in [0, 0.05) is 43.1 Å². The highest BCUT2D eigenvalue weighted by Gasteiger charge is 2.32. The van der Waals surface area contributed by atoms with Crippen LogP contribution in [0.15, 0.2) is 29.3 Å². The average Bonchev–Trinajstić information content (AvgIpc) is 3.34. The van der Waals surface area contributed by atoms with Gasteiger partial charge in [-0.2, -0.15) is 18.2 Å². The second-order valence-corrected chi connectivity index (χ2v) is 9.17. The summed E-state index contributed by atoms with van der Waals surface area (Å²) < 4.78 is 62.0. The number of nitrogens with one attached hydrogen (secondary N) is 1. The Kier molecular flexibility index (Phi) is 7.36. The van der Waals surface area contributed by atoms with E-state index in [1.807, 2.05) is 37.2 Å². The summed E-state index contributed by atoms with van der Waals surface area (Å²) in [6.07, 6.45) is -2.84. The van der Waals surface area contributed by atoms with E-state index in [9.17, 15) is 22.4 Å². The van der Waals surface area contributed by atoms with Crippen molar-refractivity contribution in [1.29, 1.82) is 0 Å². The molecule has 1 aliphatic heterocycles. The Hall–Kier alpha value is -2.62. The fourth-order valence-corrected chi connectivity index (χ4v) is 3.96. The molecule has 0 radical (unpaired) electrons. The fourth-order valence-electron chi connectivity index (χ4n) is 3.96. The first kappa shape index (κ1) is 25.0. The Bertz CT molecular complexity index is 1060. The van der Waals surface area contributed by atoms with Crippen LogP contribution in [0.4, 0.5) is 23.2 Å². The second kappa shape index (κ2) is 9.70. The summed E-state index contributed by atoms with van der Waals surface area (Å²) in [5.41, 5.74) is -0.144. The number of aromatic nitrogens is 2. The zero-order chi connectivity index (χ0) is 24.4. The summed E-state index contributed by atoms with van der Waals surface area (Å²) in [5.74, 6) is -0.838. The third-order valence-corrected chi connectivity index (χ3v) is 5.61. The molecule has 0 spiro atoms. The lowest BCUT2D eigenvalue weighted by molar-refractivity contribution is -0.137. The predicted molar refractivity (Wildman–Crippen MR) is 117 cm³/mol. The summed E-state index contributed by atoms with van der Waals surface area (Å²) in [5, 5.41) is 2.67. The van der Waals surface area contributed by atoms with Crippen LogP contribution in [0.1, 0.15) is 55.2 Å². The molecule has 0 unspecified atom stereocenters. The number of benzene rings is 1. The summed E-state index contributed by atoms with van der Waals surface area (Å²) >= 11 is 0. The molecule has 1 aromatic heterocycles. The van der Waals surface area contributed by atoms with E-state index in [-0.39, 0.29) is 29.3 Å². The largest absolute Gasteiger partial charge is 0.416 e. The lowest BCUT2D eigenvalue weighted by atomic mass is 9.92. The van der Waals surface area contributed by atoms with Crippen LogP contribution >= 0.6 is 0 Å². The van der Waals surface area contributed by atoms with Crippen molar-refractivity contribution < 1.29 is 27.1 Å². The molecule has 0 bridgehead atoms. The van der Waals surface area contributed by atoms with Crippen molar-refractivity contribution in [3.63, 3.8) is 0 Å². The molecule has 1 N–H and O–H groups in total. The standard InChI is InChI=1S/C23H30F4N4O2/c1-22(2,3)19-13-20(31(30(19)4)14-16-6-5-11-33-16)29-21(32)17-12-15(23(25,26)27)7-8-18(17)28-10-9-24/h7-8,12-13,16,28H,5-6,9-11,14H2,1-4H3/b29-20+/t16-/m1/s1. The number of ether oxygens (including phenoxy) is 1. The number of carbonyl (C=O) groups is 1. The molecular formula is C23H30F4N4O2. The first-order valence-corrected chi connectivity index (χ1v) is 10.9.